The molecule has 0 spiro atoms. The van der Waals surface area contributed by atoms with E-state index in [1.165, 1.54) is 11.3 Å². The Balaban J connectivity index is 2.13. The molecule has 1 aromatic rings. The van der Waals surface area contributed by atoms with Gasteiger partial charge in [-0.1, -0.05) is 11.6 Å². The van der Waals surface area contributed by atoms with Gasteiger partial charge in [0.25, 0.3) is 0 Å². The Morgan fingerprint density at radius 1 is 1.64 bits per heavy atom. The molecule has 0 radical (unpaired) electrons. The zero-order chi connectivity index (χ0) is 10.1. The predicted octanol–water partition coefficient (Wildman–Crippen LogP) is 3.01. The number of hydrogen-bond acceptors (Lipinski definition) is 3. The van der Waals surface area contributed by atoms with Crippen molar-refractivity contribution in [2.24, 2.45) is 5.92 Å². The monoisotopic (exact) mass is 230 g/mol. The summed E-state index contributed by atoms with van der Waals surface area (Å²) in [6, 6.07) is 3.52. The smallest absolute Gasteiger partial charge is 0.201 e. The molecule has 1 fully saturated rings. The number of hydrogen-bond donors (Lipinski definition) is 0. The number of methoxy groups -OCH3 is 1. The number of carbonyl (C=O) groups is 1. The molecule has 1 aromatic heterocycles. The van der Waals surface area contributed by atoms with E-state index in [1.807, 2.05) is 0 Å². The summed E-state index contributed by atoms with van der Waals surface area (Å²) in [4.78, 5) is 12.6. The topological polar surface area (TPSA) is 26.3 Å². The number of carbonyl (C=O) groups excluding carboxylic acids is 1. The van der Waals surface area contributed by atoms with Gasteiger partial charge < -0.3 is 4.74 Å². The Morgan fingerprint density at radius 2 is 2.36 bits per heavy atom. The van der Waals surface area contributed by atoms with Crippen LogP contribution in [0.3, 0.4) is 0 Å². The molecule has 0 saturated heterocycles. The summed E-state index contributed by atoms with van der Waals surface area (Å²) in [5.74, 6) is 0.500. The average molecular weight is 231 g/mol. The Morgan fingerprint density at radius 3 is 2.79 bits per heavy atom. The first kappa shape index (κ1) is 10.1. The number of rotatable bonds is 4. The van der Waals surface area contributed by atoms with Crippen LogP contribution >= 0.6 is 22.9 Å². The maximum atomic E-state index is 11.9. The molecule has 4 heteroatoms. The molecule has 2 rings (SSSR count). The third-order valence-electron chi connectivity index (χ3n) is 2.38. The minimum absolute atomic E-state index is 0.0758. The Bertz CT molecular complexity index is 344. The molecule has 0 bridgehead atoms. The maximum absolute atomic E-state index is 11.9. The van der Waals surface area contributed by atoms with Crippen molar-refractivity contribution in [2.75, 3.05) is 7.11 Å². The summed E-state index contributed by atoms with van der Waals surface area (Å²) >= 11 is 7.09. The van der Waals surface area contributed by atoms with Crippen LogP contribution in [0.1, 0.15) is 22.5 Å². The van der Waals surface area contributed by atoms with Crippen LogP contribution < -0.4 is 0 Å². The quantitative estimate of drug-likeness (QED) is 0.744. The Kier molecular flexibility index (Phi) is 2.91. The molecule has 2 nitrogen and oxygen atoms in total. The number of ether oxygens (including phenoxy) is 1. The SMILES string of the molecule is COC(C(=O)c1ccc(Cl)s1)C1CC1. The number of halogens is 1. The van der Waals surface area contributed by atoms with Crippen LogP contribution in [0.15, 0.2) is 12.1 Å². The van der Waals surface area contributed by atoms with Crippen molar-refractivity contribution in [3.8, 4) is 0 Å². The minimum Gasteiger partial charge on any atom is -0.373 e. The van der Waals surface area contributed by atoms with Gasteiger partial charge in [0.1, 0.15) is 6.10 Å². The van der Waals surface area contributed by atoms with Crippen molar-refractivity contribution in [3.05, 3.63) is 21.3 Å². The van der Waals surface area contributed by atoms with Gasteiger partial charge in [0.05, 0.1) is 9.21 Å². The van der Waals surface area contributed by atoms with Crippen LogP contribution in [0.25, 0.3) is 0 Å². The highest BCUT2D eigenvalue weighted by atomic mass is 35.5. The van der Waals surface area contributed by atoms with Gasteiger partial charge in [-0.2, -0.15) is 0 Å². The van der Waals surface area contributed by atoms with Gasteiger partial charge in [-0.3, -0.25) is 4.79 Å². The zero-order valence-corrected chi connectivity index (χ0v) is 9.40. The second-order valence-corrected chi connectivity index (χ2v) is 5.18. The molecular weight excluding hydrogens is 220 g/mol. The molecule has 1 heterocycles. The van der Waals surface area contributed by atoms with Gasteiger partial charge in [-0.15, -0.1) is 11.3 Å². The van der Waals surface area contributed by atoms with Crippen LogP contribution in [0, 0.1) is 5.92 Å². The summed E-state index contributed by atoms with van der Waals surface area (Å²) in [6.45, 7) is 0. The van der Waals surface area contributed by atoms with Crippen molar-refractivity contribution in [1.29, 1.82) is 0 Å². The van der Waals surface area contributed by atoms with Crippen molar-refractivity contribution in [2.45, 2.75) is 18.9 Å². The molecular formula is C10H11ClO2S. The van der Waals surface area contributed by atoms with Gasteiger partial charge in [0.2, 0.25) is 5.78 Å². The Hall–Kier alpha value is -0.380. The molecule has 1 atom stereocenters. The molecule has 0 aliphatic heterocycles. The van der Waals surface area contributed by atoms with Crippen LogP contribution in [0.2, 0.25) is 4.34 Å². The van der Waals surface area contributed by atoms with Gasteiger partial charge in [0.15, 0.2) is 0 Å². The fraction of sp³-hybridized carbons (Fsp3) is 0.500. The lowest BCUT2D eigenvalue weighted by Crippen LogP contribution is -2.24. The van der Waals surface area contributed by atoms with E-state index in [9.17, 15) is 4.79 Å². The molecule has 14 heavy (non-hydrogen) atoms. The van der Waals surface area contributed by atoms with E-state index in [0.29, 0.717) is 15.1 Å². The molecule has 1 unspecified atom stereocenters. The molecule has 76 valence electrons. The largest absolute Gasteiger partial charge is 0.373 e. The van der Waals surface area contributed by atoms with E-state index in [2.05, 4.69) is 0 Å². The molecule has 1 aliphatic carbocycles. The van der Waals surface area contributed by atoms with Crippen molar-refractivity contribution in [1.82, 2.24) is 0 Å². The van der Waals surface area contributed by atoms with Gasteiger partial charge in [-0.05, 0) is 30.9 Å². The molecule has 0 aromatic carbocycles. The van der Waals surface area contributed by atoms with Gasteiger partial charge >= 0.3 is 0 Å². The first-order valence-corrected chi connectivity index (χ1v) is 5.74. The predicted molar refractivity (Wildman–Crippen MR) is 57.2 cm³/mol. The zero-order valence-electron chi connectivity index (χ0n) is 7.83. The normalized spacial score (nSPS) is 18.1. The summed E-state index contributed by atoms with van der Waals surface area (Å²) in [7, 11) is 1.59. The van der Waals surface area contributed by atoms with Crippen LogP contribution in [0.4, 0.5) is 0 Å². The van der Waals surface area contributed by atoms with E-state index >= 15 is 0 Å². The number of ketones is 1. The van der Waals surface area contributed by atoms with E-state index in [0.717, 1.165) is 12.8 Å². The molecule has 0 N–H and O–H groups in total. The highest BCUT2D eigenvalue weighted by Crippen LogP contribution is 2.36. The van der Waals surface area contributed by atoms with Gasteiger partial charge in [-0.25, -0.2) is 0 Å². The van der Waals surface area contributed by atoms with E-state index in [-0.39, 0.29) is 11.9 Å². The lowest BCUT2D eigenvalue weighted by Gasteiger charge is -2.11. The summed E-state index contributed by atoms with van der Waals surface area (Å²) in [5, 5.41) is 0. The van der Waals surface area contributed by atoms with Crippen LogP contribution in [-0.2, 0) is 4.74 Å². The summed E-state index contributed by atoms with van der Waals surface area (Å²) in [6.07, 6.45) is 1.94. The minimum atomic E-state index is -0.260. The summed E-state index contributed by atoms with van der Waals surface area (Å²) < 4.78 is 5.87. The van der Waals surface area contributed by atoms with Crippen molar-refractivity contribution >= 4 is 28.7 Å². The van der Waals surface area contributed by atoms with E-state index in [1.54, 1.807) is 19.2 Å². The first-order valence-electron chi connectivity index (χ1n) is 4.54. The highest BCUT2D eigenvalue weighted by Gasteiger charge is 2.37. The molecule has 1 aliphatic rings. The first-order chi connectivity index (χ1) is 6.72. The standard InChI is InChI=1S/C10H11ClO2S/c1-13-10(6-2-3-6)9(12)7-4-5-8(11)14-7/h4-6,10H,2-3H2,1H3. The number of Topliss-reactive ketones (excluding diaryl/α,β-unsaturated/α-hetero) is 1. The Labute approximate surface area is 91.8 Å². The average Bonchev–Trinajstić information content (AvgIpc) is 2.90. The number of thiophene rings is 1. The van der Waals surface area contributed by atoms with Crippen LogP contribution in [-0.4, -0.2) is 19.0 Å². The second-order valence-electron chi connectivity index (χ2n) is 3.46. The molecule has 1 saturated carbocycles. The fourth-order valence-electron chi connectivity index (χ4n) is 1.50. The maximum Gasteiger partial charge on any atom is 0.201 e. The third kappa shape index (κ3) is 2.00. The third-order valence-corrected chi connectivity index (χ3v) is 3.62. The highest BCUT2D eigenvalue weighted by molar-refractivity contribution is 7.18. The second kappa shape index (κ2) is 4.01. The molecule has 0 amide bonds. The van der Waals surface area contributed by atoms with E-state index in [4.69, 9.17) is 16.3 Å². The van der Waals surface area contributed by atoms with Crippen molar-refractivity contribution < 1.29 is 9.53 Å². The van der Waals surface area contributed by atoms with Gasteiger partial charge in [0, 0.05) is 7.11 Å². The van der Waals surface area contributed by atoms with Crippen molar-refractivity contribution in [3.63, 3.8) is 0 Å². The lowest BCUT2D eigenvalue weighted by atomic mass is 10.1. The van der Waals surface area contributed by atoms with E-state index < -0.39 is 0 Å². The fourth-order valence-corrected chi connectivity index (χ4v) is 2.51. The summed E-state index contributed by atoms with van der Waals surface area (Å²) in [5.41, 5.74) is 0. The van der Waals surface area contributed by atoms with Crippen LogP contribution in [0.5, 0.6) is 0 Å². The lowest BCUT2D eigenvalue weighted by molar-refractivity contribution is 0.0544.